The lowest BCUT2D eigenvalue weighted by atomic mass is 9.85. The predicted octanol–water partition coefficient (Wildman–Crippen LogP) is 4.94. The van der Waals surface area contributed by atoms with Crippen LogP contribution in [-0.4, -0.2) is 37.5 Å². The summed E-state index contributed by atoms with van der Waals surface area (Å²) in [4.78, 5) is 12.5. The summed E-state index contributed by atoms with van der Waals surface area (Å²) in [7, 11) is 0. The molecule has 0 aromatic heterocycles. The highest BCUT2D eigenvalue weighted by atomic mass is 16.5. The van der Waals surface area contributed by atoms with Crippen LogP contribution in [0, 0.1) is 11.8 Å². The Bertz CT molecular complexity index is 894. The van der Waals surface area contributed by atoms with Crippen molar-refractivity contribution in [3.05, 3.63) is 47.5 Å². The molecule has 0 spiro atoms. The second-order valence-electron chi connectivity index (χ2n) is 8.12. The van der Waals surface area contributed by atoms with Crippen molar-refractivity contribution in [1.82, 2.24) is 0 Å². The summed E-state index contributed by atoms with van der Waals surface area (Å²) in [6.07, 6.45) is 3.03. The number of cyclic esters (lactones) is 1. The first-order valence-electron chi connectivity index (χ1n) is 11.6. The molecule has 0 aliphatic carbocycles. The zero-order valence-corrected chi connectivity index (χ0v) is 19.3. The van der Waals surface area contributed by atoms with Gasteiger partial charge in [0, 0.05) is 5.92 Å². The quantitative estimate of drug-likeness (QED) is 0.469. The molecule has 2 aromatic carbocycles. The van der Waals surface area contributed by atoms with E-state index in [1.807, 2.05) is 44.2 Å². The Hall–Kier alpha value is -2.89. The van der Waals surface area contributed by atoms with Gasteiger partial charge in [-0.2, -0.15) is 0 Å². The largest absolute Gasteiger partial charge is 0.504 e. The van der Waals surface area contributed by atoms with Crippen LogP contribution >= 0.6 is 0 Å². The molecule has 1 N–H and O–H groups in total. The Morgan fingerprint density at radius 1 is 0.875 bits per heavy atom. The van der Waals surface area contributed by atoms with Gasteiger partial charge in [0.25, 0.3) is 0 Å². The van der Waals surface area contributed by atoms with Gasteiger partial charge < -0.3 is 24.1 Å². The zero-order chi connectivity index (χ0) is 22.9. The molecule has 2 atom stereocenters. The van der Waals surface area contributed by atoms with Gasteiger partial charge in [0.05, 0.1) is 32.3 Å². The summed E-state index contributed by atoms with van der Waals surface area (Å²) >= 11 is 0. The van der Waals surface area contributed by atoms with Crippen molar-refractivity contribution in [3.8, 4) is 23.0 Å². The molecule has 174 valence electrons. The molecule has 1 saturated heterocycles. The van der Waals surface area contributed by atoms with E-state index in [2.05, 4.69) is 6.92 Å². The molecule has 0 radical (unpaired) electrons. The van der Waals surface area contributed by atoms with Crippen LogP contribution in [0.4, 0.5) is 0 Å². The second-order valence-corrected chi connectivity index (χ2v) is 8.12. The van der Waals surface area contributed by atoms with E-state index in [-0.39, 0.29) is 23.6 Å². The fourth-order valence-electron chi connectivity index (χ4n) is 3.90. The molecule has 3 rings (SSSR count). The molecule has 1 aliphatic rings. The number of phenols is 1. The normalized spacial score (nSPS) is 17.8. The summed E-state index contributed by atoms with van der Waals surface area (Å²) in [5, 5.41) is 10.0. The van der Waals surface area contributed by atoms with E-state index < -0.39 is 0 Å². The Kier molecular flexibility index (Phi) is 8.65. The zero-order valence-electron chi connectivity index (χ0n) is 19.3. The summed E-state index contributed by atoms with van der Waals surface area (Å²) in [6, 6.07) is 11.3. The van der Waals surface area contributed by atoms with E-state index in [1.54, 1.807) is 6.07 Å². The number of ether oxygens (including phenoxy) is 4. The van der Waals surface area contributed by atoms with Crippen molar-refractivity contribution < 1.29 is 28.8 Å². The van der Waals surface area contributed by atoms with E-state index >= 15 is 0 Å². The molecule has 0 bridgehead atoms. The SMILES string of the molecule is CCCOc1cc(C[C@H]2C(=O)OC[C@@H]2Cc2ccc(OCC)c(OCCC)c2)ccc1O. The minimum atomic E-state index is -0.245. The lowest BCUT2D eigenvalue weighted by Gasteiger charge is -2.18. The van der Waals surface area contributed by atoms with Crippen molar-refractivity contribution in [3.63, 3.8) is 0 Å². The summed E-state index contributed by atoms with van der Waals surface area (Å²) in [6.45, 7) is 8.17. The average Bonchev–Trinajstić information content (AvgIpc) is 3.13. The van der Waals surface area contributed by atoms with Crippen LogP contribution in [0.25, 0.3) is 0 Å². The molecular formula is C26H34O6. The number of phenolic OH excluding ortho intramolecular Hbond substituents is 1. The maximum absolute atomic E-state index is 12.5. The van der Waals surface area contributed by atoms with Gasteiger partial charge in [-0.25, -0.2) is 0 Å². The van der Waals surface area contributed by atoms with E-state index in [0.29, 0.717) is 45.0 Å². The minimum Gasteiger partial charge on any atom is -0.504 e. The lowest BCUT2D eigenvalue weighted by molar-refractivity contribution is -0.141. The molecule has 0 saturated carbocycles. The van der Waals surface area contributed by atoms with Gasteiger partial charge >= 0.3 is 5.97 Å². The van der Waals surface area contributed by atoms with Gasteiger partial charge in [0.1, 0.15) is 0 Å². The van der Waals surface area contributed by atoms with Gasteiger partial charge in [-0.05, 0) is 68.0 Å². The van der Waals surface area contributed by atoms with Gasteiger partial charge in [-0.3, -0.25) is 4.79 Å². The molecule has 6 heteroatoms. The number of benzene rings is 2. The molecule has 1 fully saturated rings. The molecule has 1 aliphatic heterocycles. The van der Waals surface area contributed by atoms with E-state index in [9.17, 15) is 9.90 Å². The Labute approximate surface area is 190 Å². The number of carbonyl (C=O) groups excluding carboxylic acids is 1. The lowest BCUT2D eigenvalue weighted by Crippen LogP contribution is -2.20. The maximum Gasteiger partial charge on any atom is 0.309 e. The molecule has 0 amide bonds. The molecule has 1 heterocycles. The van der Waals surface area contributed by atoms with Gasteiger partial charge in [0.2, 0.25) is 0 Å². The number of rotatable bonds is 12. The number of aromatic hydroxyl groups is 1. The average molecular weight is 443 g/mol. The van der Waals surface area contributed by atoms with Crippen LogP contribution < -0.4 is 14.2 Å². The van der Waals surface area contributed by atoms with Crippen molar-refractivity contribution in [2.45, 2.75) is 46.5 Å². The van der Waals surface area contributed by atoms with Crippen LogP contribution in [0.15, 0.2) is 36.4 Å². The first-order chi connectivity index (χ1) is 15.5. The van der Waals surface area contributed by atoms with Crippen molar-refractivity contribution in [2.75, 3.05) is 26.4 Å². The van der Waals surface area contributed by atoms with E-state index in [1.165, 1.54) is 0 Å². The van der Waals surface area contributed by atoms with Crippen LogP contribution in [0.3, 0.4) is 0 Å². The summed E-state index contributed by atoms with van der Waals surface area (Å²) in [5.41, 5.74) is 2.03. The topological polar surface area (TPSA) is 74.2 Å². The van der Waals surface area contributed by atoms with Crippen LogP contribution in [-0.2, 0) is 22.4 Å². The third-order valence-electron chi connectivity index (χ3n) is 5.52. The number of hydrogen-bond donors (Lipinski definition) is 1. The van der Waals surface area contributed by atoms with Gasteiger partial charge in [0.15, 0.2) is 23.0 Å². The van der Waals surface area contributed by atoms with Gasteiger partial charge in [-0.1, -0.05) is 26.0 Å². The van der Waals surface area contributed by atoms with Crippen molar-refractivity contribution in [2.24, 2.45) is 11.8 Å². The number of esters is 1. The van der Waals surface area contributed by atoms with Gasteiger partial charge in [-0.15, -0.1) is 0 Å². The first kappa shape index (κ1) is 23.8. The molecule has 0 unspecified atom stereocenters. The van der Waals surface area contributed by atoms with Crippen molar-refractivity contribution in [1.29, 1.82) is 0 Å². The smallest absolute Gasteiger partial charge is 0.309 e. The monoisotopic (exact) mass is 442 g/mol. The molecule has 6 nitrogen and oxygen atoms in total. The van der Waals surface area contributed by atoms with Crippen LogP contribution in [0.5, 0.6) is 23.0 Å². The first-order valence-corrected chi connectivity index (χ1v) is 11.6. The Morgan fingerprint density at radius 2 is 1.53 bits per heavy atom. The predicted molar refractivity (Wildman–Crippen MR) is 123 cm³/mol. The summed E-state index contributed by atoms with van der Waals surface area (Å²) in [5.74, 6) is 1.69. The maximum atomic E-state index is 12.5. The highest BCUT2D eigenvalue weighted by Gasteiger charge is 2.37. The number of carbonyl (C=O) groups is 1. The summed E-state index contributed by atoms with van der Waals surface area (Å²) < 4.78 is 22.6. The third-order valence-corrected chi connectivity index (χ3v) is 5.52. The minimum absolute atomic E-state index is 0.0632. The van der Waals surface area contributed by atoms with E-state index in [4.69, 9.17) is 18.9 Å². The fourth-order valence-corrected chi connectivity index (χ4v) is 3.90. The Morgan fingerprint density at radius 3 is 2.25 bits per heavy atom. The van der Waals surface area contributed by atoms with Crippen LogP contribution in [0.2, 0.25) is 0 Å². The molecular weight excluding hydrogens is 408 g/mol. The van der Waals surface area contributed by atoms with Crippen molar-refractivity contribution >= 4 is 5.97 Å². The third kappa shape index (κ3) is 6.09. The fraction of sp³-hybridized carbons (Fsp3) is 0.500. The molecule has 2 aromatic rings. The highest BCUT2D eigenvalue weighted by Crippen LogP contribution is 2.35. The standard InChI is InChI=1S/C26H34O6/c1-4-11-30-24-15-19(7-9-22(24)27)14-21-20(17-32-26(21)28)13-18-8-10-23(29-6-3)25(16-18)31-12-5-2/h7-10,15-16,20-21,27H,4-6,11-14,17H2,1-3H3/t20-,21+/m0/s1. The second kappa shape index (κ2) is 11.7. The molecule has 32 heavy (non-hydrogen) atoms. The Balaban J connectivity index is 1.74. The highest BCUT2D eigenvalue weighted by molar-refractivity contribution is 5.75. The number of hydrogen-bond acceptors (Lipinski definition) is 6. The van der Waals surface area contributed by atoms with E-state index in [0.717, 1.165) is 35.5 Å². The van der Waals surface area contributed by atoms with Crippen LogP contribution in [0.1, 0.15) is 44.7 Å².